The van der Waals surface area contributed by atoms with E-state index in [1.54, 1.807) is 0 Å². The van der Waals surface area contributed by atoms with Gasteiger partial charge in [0.2, 0.25) is 11.7 Å². The van der Waals surface area contributed by atoms with Gasteiger partial charge in [-0.25, -0.2) is 4.39 Å². The standard InChI is InChI=1S/C16H22FN3O/c1-5-18-14(10(2)3)9-15-19-16(20-21-15)12-6-11(4)7-13(17)8-12/h6-8,10,14,18H,5,9H2,1-4H3. The van der Waals surface area contributed by atoms with Crippen LogP contribution in [-0.4, -0.2) is 22.7 Å². The summed E-state index contributed by atoms with van der Waals surface area (Å²) < 4.78 is 18.7. The molecule has 2 aromatic rings. The number of aromatic nitrogens is 2. The Balaban J connectivity index is 2.17. The minimum Gasteiger partial charge on any atom is -0.339 e. The number of halogens is 1. The molecule has 114 valence electrons. The molecule has 1 aromatic carbocycles. The lowest BCUT2D eigenvalue weighted by Crippen LogP contribution is -2.35. The molecule has 0 aliphatic carbocycles. The van der Waals surface area contributed by atoms with E-state index < -0.39 is 0 Å². The van der Waals surface area contributed by atoms with Crippen LogP contribution in [0.15, 0.2) is 22.7 Å². The van der Waals surface area contributed by atoms with Crippen molar-refractivity contribution in [2.75, 3.05) is 6.54 Å². The molecule has 4 nitrogen and oxygen atoms in total. The molecule has 0 bridgehead atoms. The fourth-order valence-electron chi connectivity index (χ4n) is 2.31. The first-order chi connectivity index (χ1) is 9.99. The van der Waals surface area contributed by atoms with Crippen LogP contribution >= 0.6 is 0 Å². The number of likely N-dealkylation sites (N-methyl/N-ethyl adjacent to an activating group) is 1. The average Bonchev–Trinajstić information content (AvgIpc) is 2.85. The molecule has 21 heavy (non-hydrogen) atoms. The van der Waals surface area contributed by atoms with Crippen molar-refractivity contribution < 1.29 is 8.91 Å². The second kappa shape index (κ2) is 6.80. The van der Waals surface area contributed by atoms with E-state index in [2.05, 4.69) is 36.2 Å². The van der Waals surface area contributed by atoms with Gasteiger partial charge in [-0.05, 0) is 43.1 Å². The number of rotatable bonds is 6. The Labute approximate surface area is 124 Å². The lowest BCUT2D eigenvalue weighted by atomic mass is 10.0. The number of hydrogen-bond donors (Lipinski definition) is 1. The van der Waals surface area contributed by atoms with E-state index in [-0.39, 0.29) is 11.9 Å². The number of benzene rings is 1. The molecule has 0 saturated heterocycles. The molecule has 2 rings (SSSR count). The van der Waals surface area contributed by atoms with Crippen molar-refractivity contribution in [3.05, 3.63) is 35.5 Å². The van der Waals surface area contributed by atoms with Crippen LogP contribution in [0.3, 0.4) is 0 Å². The summed E-state index contributed by atoms with van der Waals surface area (Å²) in [6.07, 6.45) is 0.673. The average molecular weight is 291 g/mol. The van der Waals surface area contributed by atoms with E-state index in [0.29, 0.717) is 29.6 Å². The van der Waals surface area contributed by atoms with Crippen molar-refractivity contribution in [2.45, 2.75) is 40.2 Å². The quantitative estimate of drug-likeness (QED) is 0.886. The van der Waals surface area contributed by atoms with Gasteiger partial charge in [-0.3, -0.25) is 0 Å². The molecule has 0 aliphatic rings. The zero-order chi connectivity index (χ0) is 15.4. The van der Waals surface area contributed by atoms with Crippen LogP contribution in [0, 0.1) is 18.7 Å². The van der Waals surface area contributed by atoms with Gasteiger partial charge in [-0.15, -0.1) is 0 Å². The molecule has 1 atom stereocenters. The predicted molar refractivity (Wildman–Crippen MR) is 80.4 cm³/mol. The molecule has 0 amide bonds. The molecular weight excluding hydrogens is 269 g/mol. The lowest BCUT2D eigenvalue weighted by Gasteiger charge is -2.19. The lowest BCUT2D eigenvalue weighted by molar-refractivity contribution is 0.329. The van der Waals surface area contributed by atoms with Crippen molar-refractivity contribution in [2.24, 2.45) is 5.92 Å². The van der Waals surface area contributed by atoms with Gasteiger partial charge in [-0.1, -0.05) is 25.9 Å². The fraction of sp³-hybridized carbons (Fsp3) is 0.500. The Morgan fingerprint density at radius 3 is 2.67 bits per heavy atom. The second-order valence-corrected chi connectivity index (χ2v) is 5.64. The Morgan fingerprint density at radius 1 is 1.29 bits per heavy atom. The van der Waals surface area contributed by atoms with E-state index >= 15 is 0 Å². The first-order valence-electron chi connectivity index (χ1n) is 7.33. The highest BCUT2D eigenvalue weighted by Gasteiger charge is 2.17. The maximum Gasteiger partial charge on any atom is 0.228 e. The predicted octanol–water partition coefficient (Wildman–Crippen LogP) is 3.36. The molecule has 1 aromatic heterocycles. The molecule has 0 radical (unpaired) electrons. The van der Waals surface area contributed by atoms with E-state index in [1.807, 2.05) is 13.0 Å². The highest BCUT2D eigenvalue weighted by Crippen LogP contribution is 2.20. The molecule has 1 heterocycles. The van der Waals surface area contributed by atoms with Crippen LogP contribution in [0.4, 0.5) is 4.39 Å². The van der Waals surface area contributed by atoms with Crippen molar-refractivity contribution in [1.82, 2.24) is 15.5 Å². The van der Waals surface area contributed by atoms with Crippen LogP contribution in [0.5, 0.6) is 0 Å². The van der Waals surface area contributed by atoms with Gasteiger partial charge in [0, 0.05) is 18.0 Å². The molecule has 1 unspecified atom stereocenters. The van der Waals surface area contributed by atoms with E-state index in [1.165, 1.54) is 12.1 Å². The van der Waals surface area contributed by atoms with E-state index in [9.17, 15) is 4.39 Å². The summed E-state index contributed by atoms with van der Waals surface area (Å²) in [4.78, 5) is 4.38. The summed E-state index contributed by atoms with van der Waals surface area (Å²) in [5, 5.41) is 7.37. The normalized spacial score (nSPS) is 12.9. The van der Waals surface area contributed by atoms with Gasteiger partial charge in [0.1, 0.15) is 5.82 Å². The van der Waals surface area contributed by atoms with E-state index in [0.717, 1.165) is 12.1 Å². The van der Waals surface area contributed by atoms with Crippen molar-refractivity contribution >= 4 is 0 Å². The van der Waals surface area contributed by atoms with Gasteiger partial charge >= 0.3 is 0 Å². The molecular formula is C16H22FN3O. The number of nitrogens with zero attached hydrogens (tertiary/aromatic N) is 2. The van der Waals surface area contributed by atoms with Gasteiger partial charge in [0.05, 0.1) is 0 Å². The Hall–Kier alpha value is -1.75. The van der Waals surface area contributed by atoms with Gasteiger partial charge in [-0.2, -0.15) is 4.98 Å². The Kier molecular flexibility index (Phi) is 5.07. The first kappa shape index (κ1) is 15.6. The molecule has 0 aliphatic heterocycles. The summed E-state index contributed by atoms with van der Waals surface area (Å²) in [5.74, 6) is 1.19. The van der Waals surface area contributed by atoms with Crippen LogP contribution in [0.2, 0.25) is 0 Å². The van der Waals surface area contributed by atoms with Gasteiger partial charge in [0.25, 0.3) is 0 Å². The monoisotopic (exact) mass is 291 g/mol. The van der Waals surface area contributed by atoms with Crippen LogP contribution < -0.4 is 5.32 Å². The summed E-state index contributed by atoms with van der Waals surface area (Å²) in [6, 6.07) is 5.04. The van der Waals surface area contributed by atoms with Gasteiger partial charge in [0.15, 0.2) is 0 Å². The highest BCUT2D eigenvalue weighted by atomic mass is 19.1. The van der Waals surface area contributed by atoms with Crippen LogP contribution in [0.1, 0.15) is 32.2 Å². The number of hydrogen-bond acceptors (Lipinski definition) is 4. The Bertz CT molecular complexity index is 575. The Morgan fingerprint density at radius 2 is 2.05 bits per heavy atom. The minimum absolute atomic E-state index is 0.288. The summed E-state index contributed by atoms with van der Waals surface area (Å²) >= 11 is 0. The SMILES string of the molecule is CCNC(Cc1nc(-c2cc(C)cc(F)c2)no1)C(C)C. The van der Waals surface area contributed by atoms with Gasteiger partial charge < -0.3 is 9.84 Å². The molecule has 0 fully saturated rings. The topological polar surface area (TPSA) is 51.0 Å². The summed E-state index contributed by atoms with van der Waals surface area (Å²) in [5.41, 5.74) is 1.48. The molecule has 5 heteroatoms. The highest BCUT2D eigenvalue weighted by molar-refractivity contribution is 5.55. The third-order valence-corrected chi connectivity index (χ3v) is 3.43. The summed E-state index contributed by atoms with van der Waals surface area (Å²) in [6.45, 7) is 9.12. The van der Waals surface area contributed by atoms with Crippen LogP contribution in [0.25, 0.3) is 11.4 Å². The third kappa shape index (κ3) is 4.11. The van der Waals surface area contributed by atoms with Crippen molar-refractivity contribution in [3.63, 3.8) is 0 Å². The smallest absolute Gasteiger partial charge is 0.228 e. The molecule has 0 spiro atoms. The fourth-order valence-corrected chi connectivity index (χ4v) is 2.31. The molecule has 1 N–H and O–H groups in total. The summed E-state index contributed by atoms with van der Waals surface area (Å²) in [7, 11) is 0. The largest absolute Gasteiger partial charge is 0.339 e. The zero-order valence-corrected chi connectivity index (χ0v) is 13.0. The zero-order valence-electron chi connectivity index (χ0n) is 13.0. The maximum atomic E-state index is 13.4. The third-order valence-electron chi connectivity index (χ3n) is 3.43. The number of aryl methyl sites for hydroxylation is 1. The molecule has 0 saturated carbocycles. The minimum atomic E-state index is -0.288. The van der Waals surface area contributed by atoms with Crippen LogP contribution in [-0.2, 0) is 6.42 Å². The second-order valence-electron chi connectivity index (χ2n) is 5.64. The van der Waals surface area contributed by atoms with Crippen molar-refractivity contribution in [3.8, 4) is 11.4 Å². The first-order valence-corrected chi connectivity index (χ1v) is 7.33. The number of nitrogens with one attached hydrogen (secondary N) is 1. The van der Waals surface area contributed by atoms with Crippen molar-refractivity contribution in [1.29, 1.82) is 0 Å². The van der Waals surface area contributed by atoms with E-state index in [4.69, 9.17) is 4.52 Å². The maximum absolute atomic E-state index is 13.4.